The van der Waals surface area contributed by atoms with Crippen LogP contribution in [-0.4, -0.2) is 44.6 Å². The smallest absolute Gasteiger partial charge is 0.329 e. The van der Waals surface area contributed by atoms with Crippen molar-refractivity contribution in [3.8, 4) is 0 Å². The van der Waals surface area contributed by atoms with E-state index in [0.29, 0.717) is 18.7 Å². The van der Waals surface area contributed by atoms with Crippen LogP contribution >= 0.6 is 11.5 Å². The molecule has 6 nitrogen and oxygen atoms in total. The highest BCUT2D eigenvalue weighted by Crippen LogP contribution is 2.22. The van der Waals surface area contributed by atoms with E-state index in [-0.39, 0.29) is 11.9 Å². The summed E-state index contributed by atoms with van der Waals surface area (Å²) in [6, 6.07) is -0.506. The average Bonchev–Trinajstić information content (AvgIpc) is 2.97. The normalized spacial score (nSPS) is 19.5. The largest absolute Gasteiger partial charge is 0.458 e. The fourth-order valence-corrected chi connectivity index (χ4v) is 2.46. The van der Waals surface area contributed by atoms with Crippen LogP contribution in [0.3, 0.4) is 0 Å². The molecular formula is C12H17N3O3S. The second kappa shape index (κ2) is 5.24. The van der Waals surface area contributed by atoms with Crippen LogP contribution in [0.5, 0.6) is 0 Å². The summed E-state index contributed by atoms with van der Waals surface area (Å²) in [4.78, 5) is 25.8. The lowest BCUT2D eigenvalue weighted by atomic mass is 10.1. The van der Waals surface area contributed by atoms with Gasteiger partial charge in [-0.05, 0) is 45.1 Å². The van der Waals surface area contributed by atoms with Gasteiger partial charge in [0, 0.05) is 11.9 Å². The summed E-state index contributed by atoms with van der Waals surface area (Å²) in [6.45, 7) is 6.00. The molecule has 0 saturated carbocycles. The number of carbonyl (C=O) groups is 2. The Hall–Kier alpha value is -1.50. The summed E-state index contributed by atoms with van der Waals surface area (Å²) in [5, 5.41) is 5.34. The highest BCUT2D eigenvalue weighted by Gasteiger charge is 2.37. The first kappa shape index (κ1) is 13.9. The molecule has 0 aliphatic carbocycles. The van der Waals surface area contributed by atoms with E-state index in [2.05, 4.69) is 9.59 Å². The zero-order valence-electron chi connectivity index (χ0n) is 11.3. The Balaban J connectivity index is 2.09. The van der Waals surface area contributed by atoms with Gasteiger partial charge < -0.3 is 9.64 Å². The van der Waals surface area contributed by atoms with Crippen molar-refractivity contribution in [2.24, 2.45) is 0 Å². The fraction of sp³-hybridized carbons (Fsp3) is 0.667. The highest BCUT2D eigenvalue weighted by molar-refractivity contribution is 7.03. The zero-order chi connectivity index (χ0) is 14.0. The van der Waals surface area contributed by atoms with E-state index < -0.39 is 11.6 Å². The first-order valence-corrected chi connectivity index (χ1v) is 7.03. The van der Waals surface area contributed by atoms with Crippen LogP contribution in [-0.2, 0) is 9.53 Å². The molecule has 0 unspecified atom stereocenters. The number of rotatable bonds is 2. The third-order valence-electron chi connectivity index (χ3n) is 2.77. The van der Waals surface area contributed by atoms with Crippen molar-refractivity contribution in [3.63, 3.8) is 0 Å². The van der Waals surface area contributed by atoms with Crippen LogP contribution in [0.1, 0.15) is 44.1 Å². The van der Waals surface area contributed by atoms with Crippen LogP contribution in [0, 0.1) is 0 Å². The number of nitrogens with zero attached hydrogens (tertiary/aromatic N) is 3. The molecule has 2 heterocycles. The van der Waals surface area contributed by atoms with Gasteiger partial charge in [0.25, 0.3) is 5.91 Å². The average molecular weight is 283 g/mol. The first-order valence-electron chi connectivity index (χ1n) is 6.19. The maximum Gasteiger partial charge on any atom is 0.329 e. The van der Waals surface area contributed by atoms with E-state index in [0.717, 1.165) is 18.0 Å². The Labute approximate surface area is 115 Å². The van der Waals surface area contributed by atoms with Crippen molar-refractivity contribution in [3.05, 3.63) is 11.1 Å². The molecule has 1 amide bonds. The van der Waals surface area contributed by atoms with Gasteiger partial charge in [-0.2, -0.15) is 0 Å². The number of hydrogen-bond donors (Lipinski definition) is 0. The molecule has 1 fully saturated rings. The number of hydrogen-bond acceptors (Lipinski definition) is 6. The van der Waals surface area contributed by atoms with Crippen LogP contribution < -0.4 is 0 Å². The van der Waals surface area contributed by atoms with Gasteiger partial charge in [-0.15, -0.1) is 5.10 Å². The summed E-state index contributed by atoms with van der Waals surface area (Å²) in [5.74, 6) is -0.594. The third kappa shape index (κ3) is 3.28. The molecule has 2 rings (SSSR count). The molecule has 0 radical (unpaired) electrons. The van der Waals surface area contributed by atoms with Gasteiger partial charge in [-0.1, -0.05) is 4.49 Å². The molecule has 0 spiro atoms. The molecule has 1 saturated heterocycles. The Morgan fingerprint density at radius 3 is 2.79 bits per heavy atom. The van der Waals surface area contributed by atoms with E-state index in [4.69, 9.17) is 4.74 Å². The second-order valence-corrected chi connectivity index (χ2v) is 6.09. The number of ether oxygens (including phenoxy) is 1. The molecule has 0 aromatic carbocycles. The minimum absolute atomic E-state index is 0.248. The standard InChI is InChI=1S/C12H17N3O3S/c1-12(2,3)18-11(17)9-5-4-6-15(9)10(16)8-7-19-14-13-8/h7,9H,4-6H2,1-3H3/t9-/m1/s1. The Bertz CT molecular complexity index is 467. The minimum Gasteiger partial charge on any atom is -0.458 e. The van der Waals surface area contributed by atoms with Gasteiger partial charge >= 0.3 is 5.97 Å². The predicted molar refractivity (Wildman–Crippen MR) is 69.8 cm³/mol. The SMILES string of the molecule is CC(C)(C)OC(=O)[C@H]1CCCN1C(=O)c1csnn1. The monoisotopic (exact) mass is 283 g/mol. The Morgan fingerprint density at radius 1 is 1.47 bits per heavy atom. The lowest BCUT2D eigenvalue weighted by Crippen LogP contribution is -2.43. The summed E-state index contributed by atoms with van der Waals surface area (Å²) in [5.41, 5.74) is -0.253. The fourth-order valence-electron chi connectivity index (χ4n) is 2.03. The Kier molecular flexibility index (Phi) is 3.84. The zero-order valence-corrected chi connectivity index (χ0v) is 12.1. The predicted octanol–water partition coefficient (Wildman–Crippen LogP) is 1.48. The van der Waals surface area contributed by atoms with Crippen molar-refractivity contribution in [1.82, 2.24) is 14.5 Å². The van der Waals surface area contributed by atoms with E-state index in [1.165, 1.54) is 4.90 Å². The van der Waals surface area contributed by atoms with Crippen LogP contribution in [0.15, 0.2) is 5.38 Å². The maximum absolute atomic E-state index is 12.2. The maximum atomic E-state index is 12.2. The van der Waals surface area contributed by atoms with E-state index >= 15 is 0 Å². The van der Waals surface area contributed by atoms with Gasteiger partial charge in [0.2, 0.25) is 0 Å². The number of likely N-dealkylation sites (tertiary alicyclic amines) is 1. The second-order valence-electron chi connectivity index (χ2n) is 5.48. The molecule has 1 atom stereocenters. The lowest BCUT2D eigenvalue weighted by molar-refractivity contribution is -0.159. The van der Waals surface area contributed by atoms with Crippen molar-refractivity contribution < 1.29 is 14.3 Å². The highest BCUT2D eigenvalue weighted by atomic mass is 32.1. The van der Waals surface area contributed by atoms with Crippen molar-refractivity contribution >= 4 is 23.4 Å². The molecule has 19 heavy (non-hydrogen) atoms. The quantitative estimate of drug-likeness (QED) is 0.769. The molecule has 7 heteroatoms. The molecule has 0 bridgehead atoms. The molecule has 104 valence electrons. The molecule has 1 aliphatic heterocycles. The number of aromatic nitrogens is 2. The van der Waals surface area contributed by atoms with Crippen LogP contribution in [0.25, 0.3) is 0 Å². The number of amides is 1. The number of esters is 1. The van der Waals surface area contributed by atoms with Crippen LogP contribution in [0.2, 0.25) is 0 Å². The lowest BCUT2D eigenvalue weighted by Gasteiger charge is -2.26. The van der Waals surface area contributed by atoms with Crippen molar-refractivity contribution in [1.29, 1.82) is 0 Å². The molecule has 1 aromatic rings. The summed E-state index contributed by atoms with van der Waals surface area (Å²) in [7, 11) is 0. The van der Waals surface area contributed by atoms with E-state index in [9.17, 15) is 9.59 Å². The van der Waals surface area contributed by atoms with Gasteiger partial charge in [0.05, 0.1) is 0 Å². The van der Waals surface area contributed by atoms with E-state index in [1.807, 2.05) is 20.8 Å². The van der Waals surface area contributed by atoms with Gasteiger partial charge in [-0.3, -0.25) is 4.79 Å². The van der Waals surface area contributed by atoms with Gasteiger partial charge in [-0.25, -0.2) is 4.79 Å². The molecule has 1 aliphatic rings. The summed E-state index contributed by atoms with van der Waals surface area (Å²) < 4.78 is 9.03. The van der Waals surface area contributed by atoms with Gasteiger partial charge in [0.1, 0.15) is 11.6 Å². The summed E-state index contributed by atoms with van der Waals surface area (Å²) in [6.07, 6.45) is 1.44. The molecule has 1 aromatic heterocycles. The molecule has 0 N–H and O–H groups in total. The van der Waals surface area contributed by atoms with Gasteiger partial charge in [0.15, 0.2) is 5.69 Å². The van der Waals surface area contributed by atoms with Crippen molar-refractivity contribution in [2.75, 3.05) is 6.54 Å². The molecular weight excluding hydrogens is 266 g/mol. The number of carbonyl (C=O) groups excluding carboxylic acids is 2. The Morgan fingerprint density at radius 2 is 2.21 bits per heavy atom. The summed E-state index contributed by atoms with van der Waals surface area (Å²) >= 11 is 1.12. The minimum atomic E-state index is -0.545. The first-order chi connectivity index (χ1) is 8.88. The van der Waals surface area contributed by atoms with Crippen molar-refractivity contribution in [2.45, 2.75) is 45.3 Å². The van der Waals surface area contributed by atoms with E-state index in [1.54, 1.807) is 5.38 Å². The van der Waals surface area contributed by atoms with Crippen LogP contribution in [0.4, 0.5) is 0 Å². The third-order valence-corrected chi connectivity index (χ3v) is 3.28. The topological polar surface area (TPSA) is 72.4 Å².